The number of rotatable bonds is 1. The van der Waals surface area contributed by atoms with Gasteiger partial charge in [0.15, 0.2) is 5.11 Å². The summed E-state index contributed by atoms with van der Waals surface area (Å²) in [5, 5.41) is 1.58. The predicted octanol–water partition coefficient (Wildman–Crippen LogP) is 3.60. The second-order valence-corrected chi connectivity index (χ2v) is 4.85. The Morgan fingerprint density at radius 3 is 2.18 bits per heavy atom. The third-order valence-electron chi connectivity index (χ3n) is 2.99. The van der Waals surface area contributed by atoms with E-state index in [0.717, 1.165) is 11.2 Å². The van der Waals surface area contributed by atoms with Crippen LogP contribution in [-0.4, -0.2) is 17.1 Å². The van der Waals surface area contributed by atoms with Crippen LogP contribution in [0.3, 0.4) is 0 Å². The van der Waals surface area contributed by atoms with Crippen molar-refractivity contribution >= 4 is 33.9 Å². The molecule has 0 saturated carbocycles. The van der Waals surface area contributed by atoms with E-state index < -0.39 is 0 Å². The third-order valence-corrected chi connectivity index (χ3v) is 3.26. The standard InChI is InChI=1S/C9H7N.C8H10N2S.Cu/c1-2-6-9-8(4-1)5-3-7-10-9;1-10(8(9)11)7-5-3-2-4-6-7;/h1-7H;2-6H,1H3,(H2,9,11);. The Morgan fingerprint density at radius 2 is 1.55 bits per heavy atom. The zero-order chi connectivity index (χ0) is 15.1. The van der Waals surface area contributed by atoms with Crippen molar-refractivity contribution in [2.75, 3.05) is 11.9 Å². The van der Waals surface area contributed by atoms with Gasteiger partial charge in [-0.05, 0) is 36.5 Å². The Balaban J connectivity index is 0.000000211. The fraction of sp³-hybridized carbons (Fsp3) is 0.0588. The Kier molecular flexibility index (Phi) is 7.53. The van der Waals surface area contributed by atoms with Gasteiger partial charge < -0.3 is 10.6 Å². The van der Waals surface area contributed by atoms with Crippen LogP contribution in [0.5, 0.6) is 0 Å². The molecule has 0 fully saturated rings. The van der Waals surface area contributed by atoms with E-state index in [1.165, 1.54) is 5.39 Å². The van der Waals surface area contributed by atoms with E-state index in [2.05, 4.69) is 17.1 Å². The normalized spacial score (nSPS) is 9.14. The molecule has 22 heavy (non-hydrogen) atoms. The van der Waals surface area contributed by atoms with Crippen LogP contribution in [-0.2, 0) is 17.1 Å². The molecular formula is C17H17CuN3S. The monoisotopic (exact) mass is 358 g/mol. The summed E-state index contributed by atoms with van der Waals surface area (Å²) < 4.78 is 0. The minimum Gasteiger partial charge on any atom is -0.376 e. The zero-order valence-corrected chi connectivity index (χ0v) is 13.9. The number of thiocarbonyl (C=S) groups is 1. The number of para-hydroxylation sites is 2. The van der Waals surface area contributed by atoms with Gasteiger partial charge in [0.1, 0.15) is 0 Å². The van der Waals surface area contributed by atoms with Crippen LogP contribution in [0.15, 0.2) is 72.9 Å². The van der Waals surface area contributed by atoms with Crippen molar-refractivity contribution in [2.45, 2.75) is 0 Å². The van der Waals surface area contributed by atoms with Crippen molar-refractivity contribution in [3.05, 3.63) is 72.9 Å². The van der Waals surface area contributed by atoms with E-state index in [4.69, 9.17) is 18.0 Å². The first-order chi connectivity index (χ1) is 10.2. The number of aromatic nitrogens is 1. The molecule has 0 atom stereocenters. The summed E-state index contributed by atoms with van der Waals surface area (Å²) in [5.74, 6) is 0. The van der Waals surface area contributed by atoms with Crippen molar-refractivity contribution in [1.82, 2.24) is 4.98 Å². The number of nitrogens with zero attached hydrogens (tertiary/aromatic N) is 2. The van der Waals surface area contributed by atoms with Crippen molar-refractivity contribution in [3.63, 3.8) is 0 Å². The molecule has 0 unspecified atom stereocenters. The number of anilines is 1. The minimum atomic E-state index is 0. The maximum atomic E-state index is 5.43. The average Bonchev–Trinajstić information content (AvgIpc) is 2.55. The molecule has 3 nitrogen and oxygen atoms in total. The Bertz CT molecular complexity index is 654. The molecule has 5 heteroatoms. The Labute approximate surface area is 146 Å². The van der Waals surface area contributed by atoms with E-state index in [1.807, 2.05) is 67.8 Å². The number of hydrogen-bond donors (Lipinski definition) is 1. The third kappa shape index (κ3) is 5.11. The van der Waals surface area contributed by atoms with Gasteiger partial charge in [-0.3, -0.25) is 4.98 Å². The fourth-order valence-corrected chi connectivity index (χ4v) is 1.90. The fourth-order valence-electron chi connectivity index (χ4n) is 1.79. The van der Waals surface area contributed by atoms with Gasteiger partial charge in [0.05, 0.1) is 5.52 Å². The smallest absolute Gasteiger partial charge is 0.170 e. The molecule has 0 spiro atoms. The van der Waals surface area contributed by atoms with Crippen molar-refractivity contribution in [2.24, 2.45) is 5.73 Å². The molecular weight excluding hydrogens is 342 g/mol. The van der Waals surface area contributed by atoms with Gasteiger partial charge in [-0.25, -0.2) is 0 Å². The zero-order valence-electron chi connectivity index (χ0n) is 12.1. The SMILES string of the molecule is CN(C(N)=S)c1ccccc1.[Cu].c1ccc2ncccc2c1. The molecule has 1 radical (unpaired) electrons. The molecule has 0 saturated heterocycles. The van der Waals surface area contributed by atoms with E-state index in [-0.39, 0.29) is 17.1 Å². The Morgan fingerprint density at radius 1 is 0.955 bits per heavy atom. The maximum Gasteiger partial charge on any atom is 0.170 e. The molecule has 2 N–H and O–H groups in total. The van der Waals surface area contributed by atoms with Gasteiger partial charge in [0, 0.05) is 41.4 Å². The summed E-state index contributed by atoms with van der Waals surface area (Å²) in [6.45, 7) is 0. The van der Waals surface area contributed by atoms with Gasteiger partial charge in [-0.2, -0.15) is 0 Å². The molecule has 3 rings (SSSR count). The largest absolute Gasteiger partial charge is 0.376 e. The molecule has 2 aromatic carbocycles. The van der Waals surface area contributed by atoms with Crippen LogP contribution >= 0.6 is 12.2 Å². The van der Waals surface area contributed by atoms with Crippen molar-refractivity contribution in [3.8, 4) is 0 Å². The first kappa shape index (κ1) is 18.1. The number of nitrogens with two attached hydrogens (primary N) is 1. The van der Waals surface area contributed by atoms with Crippen LogP contribution in [0.2, 0.25) is 0 Å². The van der Waals surface area contributed by atoms with Crippen molar-refractivity contribution in [1.29, 1.82) is 0 Å². The van der Waals surface area contributed by atoms with Crippen LogP contribution < -0.4 is 10.6 Å². The van der Waals surface area contributed by atoms with Gasteiger partial charge in [0.25, 0.3) is 0 Å². The molecule has 3 aromatic rings. The Hall–Kier alpha value is -1.94. The number of pyridine rings is 1. The maximum absolute atomic E-state index is 5.43. The molecule has 0 amide bonds. The molecule has 117 valence electrons. The van der Waals surface area contributed by atoms with Crippen molar-refractivity contribution < 1.29 is 17.1 Å². The van der Waals surface area contributed by atoms with Crippen LogP contribution in [0, 0.1) is 0 Å². The summed E-state index contributed by atoms with van der Waals surface area (Å²) in [7, 11) is 1.84. The molecule has 1 aromatic heterocycles. The first-order valence-electron chi connectivity index (χ1n) is 6.56. The summed E-state index contributed by atoms with van der Waals surface area (Å²) >= 11 is 4.80. The number of fused-ring (bicyclic) bond motifs is 1. The van der Waals surface area contributed by atoms with E-state index >= 15 is 0 Å². The molecule has 0 bridgehead atoms. The predicted molar refractivity (Wildman–Crippen MR) is 93.4 cm³/mol. The second-order valence-electron chi connectivity index (χ2n) is 4.43. The molecule has 1 heterocycles. The van der Waals surface area contributed by atoms with Gasteiger partial charge in [-0.1, -0.05) is 42.5 Å². The summed E-state index contributed by atoms with van der Waals surface area (Å²) in [5.41, 5.74) is 7.50. The number of benzene rings is 2. The van der Waals surface area contributed by atoms with E-state index in [1.54, 1.807) is 4.90 Å². The molecule has 0 aliphatic carbocycles. The minimum absolute atomic E-state index is 0. The quantitative estimate of drug-likeness (QED) is 0.533. The van der Waals surface area contributed by atoms with Crippen LogP contribution in [0.4, 0.5) is 5.69 Å². The van der Waals surface area contributed by atoms with Crippen LogP contribution in [0.25, 0.3) is 10.9 Å². The van der Waals surface area contributed by atoms with Gasteiger partial charge in [0.2, 0.25) is 0 Å². The van der Waals surface area contributed by atoms with E-state index in [9.17, 15) is 0 Å². The molecule has 0 aliphatic heterocycles. The first-order valence-corrected chi connectivity index (χ1v) is 6.97. The summed E-state index contributed by atoms with van der Waals surface area (Å²) in [6, 6.07) is 21.9. The van der Waals surface area contributed by atoms with Gasteiger partial charge in [-0.15, -0.1) is 0 Å². The van der Waals surface area contributed by atoms with E-state index in [0.29, 0.717) is 5.11 Å². The van der Waals surface area contributed by atoms with Crippen LogP contribution in [0.1, 0.15) is 0 Å². The summed E-state index contributed by atoms with van der Waals surface area (Å²) in [6.07, 6.45) is 1.81. The average molecular weight is 359 g/mol. The molecule has 0 aliphatic rings. The number of hydrogen-bond acceptors (Lipinski definition) is 2. The second kappa shape index (κ2) is 9.15. The van der Waals surface area contributed by atoms with Gasteiger partial charge >= 0.3 is 0 Å². The summed E-state index contributed by atoms with van der Waals surface area (Å²) in [4.78, 5) is 5.94. The topological polar surface area (TPSA) is 42.1 Å².